The topological polar surface area (TPSA) is 78.9 Å². The maximum absolute atomic E-state index is 12.8. The van der Waals surface area contributed by atoms with Gasteiger partial charge in [0.2, 0.25) is 0 Å². The van der Waals surface area contributed by atoms with Crippen LogP contribution >= 0.6 is 0 Å². The number of ether oxygens (including phenoxy) is 3. The molecule has 0 heterocycles. The minimum atomic E-state index is -0.803. The SMILES string of the molecule is CC/C=C\C/C=C\C/C=C\C/C=C\C/C=C\C/C=C\CCCCC(=O)OCC(COC(=O)CCCCCCCCCC)OC(=O)CCCCCCCC/C=C\C/C=C\C/C=C\CCCCCCC. The molecule has 0 aliphatic carbocycles. The van der Waals surface area contributed by atoms with Gasteiger partial charge in [-0.1, -0.05) is 226 Å². The van der Waals surface area contributed by atoms with Crippen molar-refractivity contribution in [2.75, 3.05) is 13.2 Å². The van der Waals surface area contributed by atoms with Crippen LogP contribution in [0.1, 0.15) is 245 Å². The standard InChI is InChI=1S/C62H102O6/c1-4-7-10-13-16-19-21-23-25-27-29-31-33-35-37-39-41-43-46-49-52-55-61(64)67-58-59(57-66-60(63)54-51-48-45-18-15-12-9-6-3)68-62(65)56-53-50-47-44-42-40-38-36-34-32-30-28-26-24-22-20-17-14-11-8-5-2/h7,10,16,19,22-25,28-31,34-37,41,43,59H,4-6,8-9,11-15,17-18,20-21,26-27,32-33,38-40,42,44-58H2,1-3H3/b10-7-,19-16-,24-22-,25-23-,30-28-,31-29-,36-34-,37-35-,43-41-. The Labute approximate surface area is 419 Å². The van der Waals surface area contributed by atoms with Gasteiger partial charge in [-0.15, -0.1) is 0 Å². The van der Waals surface area contributed by atoms with Gasteiger partial charge in [0, 0.05) is 19.3 Å². The second-order valence-corrected chi connectivity index (χ2v) is 18.1. The number of hydrogen-bond donors (Lipinski definition) is 0. The molecule has 0 bridgehead atoms. The largest absolute Gasteiger partial charge is 0.462 e. The first kappa shape index (κ1) is 64.1. The second kappa shape index (κ2) is 55.7. The zero-order valence-electron chi connectivity index (χ0n) is 44.1. The van der Waals surface area contributed by atoms with Gasteiger partial charge in [-0.05, 0) is 109 Å². The zero-order chi connectivity index (χ0) is 49.3. The van der Waals surface area contributed by atoms with Gasteiger partial charge < -0.3 is 14.2 Å². The van der Waals surface area contributed by atoms with Crippen LogP contribution in [0.4, 0.5) is 0 Å². The van der Waals surface area contributed by atoms with E-state index in [0.717, 1.165) is 122 Å². The molecule has 6 nitrogen and oxygen atoms in total. The van der Waals surface area contributed by atoms with Crippen molar-refractivity contribution >= 4 is 17.9 Å². The molecule has 0 aromatic rings. The molecule has 1 atom stereocenters. The lowest BCUT2D eigenvalue weighted by Crippen LogP contribution is -2.30. The van der Waals surface area contributed by atoms with E-state index in [1.165, 1.54) is 83.5 Å². The van der Waals surface area contributed by atoms with Gasteiger partial charge in [0.15, 0.2) is 6.10 Å². The molecule has 0 amide bonds. The third kappa shape index (κ3) is 53.0. The van der Waals surface area contributed by atoms with E-state index in [0.29, 0.717) is 19.3 Å². The molecule has 0 rings (SSSR count). The van der Waals surface area contributed by atoms with E-state index < -0.39 is 6.10 Å². The highest BCUT2D eigenvalue weighted by molar-refractivity contribution is 5.71. The molecule has 0 aromatic carbocycles. The Kier molecular flexibility index (Phi) is 52.4. The Balaban J connectivity index is 4.39. The summed E-state index contributed by atoms with van der Waals surface area (Å²) in [6.45, 7) is 6.43. The Morgan fingerprint density at radius 3 is 0.926 bits per heavy atom. The molecular weight excluding hydrogens is 841 g/mol. The second-order valence-electron chi connectivity index (χ2n) is 18.1. The Morgan fingerprint density at radius 1 is 0.309 bits per heavy atom. The first-order chi connectivity index (χ1) is 33.5. The summed E-state index contributed by atoms with van der Waals surface area (Å²) in [5.74, 6) is -0.963. The highest BCUT2D eigenvalue weighted by Crippen LogP contribution is 2.13. The first-order valence-corrected chi connectivity index (χ1v) is 27.9. The lowest BCUT2D eigenvalue weighted by molar-refractivity contribution is -0.167. The molecule has 0 spiro atoms. The van der Waals surface area contributed by atoms with E-state index in [9.17, 15) is 14.4 Å². The number of carbonyl (C=O) groups excluding carboxylic acids is 3. The smallest absolute Gasteiger partial charge is 0.306 e. The van der Waals surface area contributed by atoms with Crippen molar-refractivity contribution in [1.82, 2.24) is 0 Å². The first-order valence-electron chi connectivity index (χ1n) is 27.9. The minimum Gasteiger partial charge on any atom is -0.462 e. The van der Waals surface area contributed by atoms with Gasteiger partial charge in [-0.3, -0.25) is 14.4 Å². The van der Waals surface area contributed by atoms with Crippen molar-refractivity contribution in [2.24, 2.45) is 0 Å². The predicted molar refractivity (Wildman–Crippen MR) is 293 cm³/mol. The van der Waals surface area contributed by atoms with Crippen molar-refractivity contribution in [1.29, 1.82) is 0 Å². The van der Waals surface area contributed by atoms with Gasteiger partial charge in [0.1, 0.15) is 13.2 Å². The third-order valence-corrected chi connectivity index (χ3v) is 11.5. The minimum absolute atomic E-state index is 0.0983. The van der Waals surface area contributed by atoms with Crippen molar-refractivity contribution in [3.05, 3.63) is 109 Å². The molecule has 0 radical (unpaired) electrons. The highest BCUT2D eigenvalue weighted by atomic mass is 16.6. The Morgan fingerprint density at radius 2 is 0.574 bits per heavy atom. The van der Waals surface area contributed by atoms with E-state index in [4.69, 9.17) is 14.2 Å². The monoisotopic (exact) mass is 943 g/mol. The molecule has 0 aliphatic heterocycles. The van der Waals surface area contributed by atoms with Crippen molar-refractivity contribution < 1.29 is 28.6 Å². The summed E-state index contributed by atoms with van der Waals surface area (Å²) >= 11 is 0. The molecule has 0 saturated heterocycles. The fraction of sp³-hybridized carbons (Fsp3) is 0.661. The number of rotatable bonds is 49. The molecule has 0 saturated carbocycles. The quantitative estimate of drug-likeness (QED) is 0.0262. The average Bonchev–Trinajstić information content (AvgIpc) is 3.34. The summed E-state index contributed by atoms with van der Waals surface area (Å²) in [5.41, 5.74) is 0. The average molecular weight is 943 g/mol. The maximum Gasteiger partial charge on any atom is 0.306 e. The summed E-state index contributed by atoms with van der Waals surface area (Å²) in [4.78, 5) is 38.0. The molecular formula is C62H102O6. The van der Waals surface area contributed by atoms with Crippen LogP contribution in [0.25, 0.3) is 0 Å². The van der Waals surface area contributed by atoms with Crippen LogP contribution in [-0.4, -0.2) is 37.2 Å². The number of allylic oxidation sites excluding steroid dienone is 18. The van der Waals surface area contributed by atoms with Gasteiger partial charge in [-0.2, -0.15) is 0 Å². The van der Waals surface area contributed by atoms with E-state index in [-0.39, 0.29) is 31.1 Å². The van der Waals surface area contributed by atoms with E-state index in [2.05, 4.69) is 130 Å². The van der Waals surface area contributed by atoms with Crippen LogP contribution in [0.15, 0.2) is 109 Å². The van der Waals surface area contributed by atoms with Crippen LogP contribution in [0.3, 0.4) is 0 Å². The van der Waals surface area contributed by atoms with E-state index >= 15 is 0 Å². The predicted octanol–water partition coefficient (Wildman–Crippen LogP) is 18.7. The summed E-state index contributed by atoms with van der Waals surface area (Å²) in [6.07, 6.45) is 75.2. The van der Waals surface area contributed by atoms with E-state index in [1.54, 1.807) is 0 Å². The van der Waals surface area contributed by atoms with E-state index in [1.807, 2.05) is 0 Å². The van der Waals surface area contributed by atoms with Gasteiger partial charge in [-0.25, -0.2) is 0 Å². The molecule has 6 heteroatoms. The number of unbranched alkanes of at least 4 members (excludes halogenated alkanes) is 20. The fourth-order valence-electron chi connectivity index (χ4n) is 7.33. The highest BCUT2D eigenvalue weighted by Gasteiger charge is 2.19. The summed E-state index contributed by atoms with van der Waals surface area (Å²) in [7, 11) is 0. The Hall–Kier alpha value is -3.93. The molecule has 0 aliphatic rings. The van der Waals surface area contributed by atoms with Crippen molar-refractivity contribution in [3.63, 3.8) is 0 Å². The van der Waals surface area contributed by atoms with Gasteiger partial charge in [0.05, 0.1) is 0 Å². The maximum atomic E-state index is 12.8. The van der Waals surface area contributed by atoms with Crippen molar-refractivity contribution in [2.45, 2.75) is 252 Å². The Bertz CT molecular complexity index is 1410. The summed E-state index contributed by atoms with van der Waals surface area (Å²) in [5, 5.41) is 0. The van der Waals surface area contributed by atoms with Gasteiger partial charge in [0.25, 0.3) is 0 Å². The normalized spacial score (nSPS) is 12.9. The third-order valence-electron chi connectivity index (χ3n) is 11.5. The zero-order valence-corrected chi connectivity index (χ0v) is 44.1. The van der Waals surface area contributed by atoms with Crippen LogP contribution in [0, 0.1) is 0 Å². The van der Waals surface area contributed by atoms with Crippen LogP contribution in [-0.2, 0) is 28.6 Å². The molecule has 0 N–H and O–H groups in total. The molecule has 68 heavy (non-hydrogen) atoms. The lowest BCUT2D eigenvalue weighted by atomic mass is 10.1. The summed E-state index contributed by atoms with van der Waals surface area (Å²) < 4.78 is 16.7. The number of esters is 3. The van der Waals surface area contributed by atoms with Crippen molar-refractivity contribution in [3.8, 4) is 0 Å². The van der Waals surface area contributed by atoms with Crippen LogP contribution in [0.2, 0.25) is 0 Å². The lowest BCUT2D eigenvalue weighted by Gasteiger charge is -2.18. The van der Waals surface area contributed by atoms with Crippen LogP contribution < -0.4 is 0 Å². The molecule has 0 fully saturated rings. The number of hydrogen-bond acceptors (Lipinski definition) is 6. The summed E-state index contributed by atoms with van der Waals surface area (Å²) in [6, 6.07) is 0. The van der Waals surface area contributed by atoms with Gasteiger partial charge >= 0.3 is 17.9 Å². The van der Waals surface area contributed by atoms with Crippen LogP contribution in [0.5, 0.6) is 0 Å². The molecule has 386 valence electrons. The molecule has 1 unspecified atom stereocenters. The number of carbonyl (C=O) groups is 3. The molecule has 0 aromatic heterocycles. The fourth-order valence-corrected chi connectivity index (χ4v) is 7.33.